The average molecular weight is 549 g/mol. The minimum atomic E-state index is -1.24. The molecule has 206 valence electrons. The first kappa shape index (κ1) is 28.1. The Morgan fingerprint density at radius 1 is 1.16 bits per heavy atom. The van der Waals surface area contributed by atoms with Crippen LogP contribution in [0, 0.1) is 0 Å². The maximum Gasteiger partial charge on any atom is 0.320 e. The fourth-order valence-electron chi connectivity index (χ4n) is 4.41. The maximum atomic E-state index is 11.2. The molecule has 0 aliphatic carbocycles. The fraction of sp³-hybridized carbons (Fsp3) is 0.500. The summed E-state index contributed by atoms with van der Waals surface area (Å²) in [6, 6.07) is 6.66. The van der Waals surface area contributed by atoms with Crippen molar-refractivity contribution in [1.29, 1.82) is 0 Å². The van der Waals surface area contributed by atoms with E-state index in [9.17, 15) is 20.1 Å². The third-order valence-electron chi connectivity index (χ3n) is 6.62. The number of fused-ring (bicyclic) bond motifs is 1. The van der Waals surface area contributed by atoms with Crippen LogP contribution in [0.2, 0.25) is 5.02 Å². The molecule has 0 amide bonds. The molecule has 0 saturated carbocycles. The lowest BCUT2D eigenvalue weighted by atomic mass is 10.1. The number of aromatic nitrogens is 4. The molecular weight excluding hydrogens is 516 g/mol. The normalized spacial score (nSPS) is 22.3. The van der Waals surface area contributed by atoms with Crippen molar-refractivity contribution in [2.75, 3.05) is 38.5 Å². The summed E-state index contributed by atoms with van der Waals surface area (Å²) in [5, 5.41) is 34.8. The number of carboxylic acids is 1. The molecular formula is C24H33ClN8O5. The predicted molar refractivity (Wildman–Crippen MR) is 140 cm³/mol. The van der Waals surface area contributed by atoms with Gasteiger partial charge in [-0.2, -0.15) is 0 Å². The van der Waals surface area contributed by atoms with Gasteiger partial charge < -0.3 is 36.8 Å². The van der Waals surface area contributed by atoms with Gasteiger partial charge in [0, 0.05) is 31.2 Å². The van der Waals surface area contributed by atoms with Crippen molar-refractivity contribution < 1.29 is 24.9 Å². The molecule has 2 aromatic heterocycles. The van der Waals surface area contributed by atoms with E-state index in [-0.39, 0.29) is 18.8 Å². The minimum Gasteiger partial charge on any atom is -0.480 e. The third-order valence-corrected chi connectivity index (χ3v) is 6.87. The molecule has 1 aliphatic rings. The molecule has 1 unspecified atom stereocenters. The Morgan fingerprint density at radius 2 is 1.92 bits per heavy atom. The largest absolute Gasteiger partial charge is 0.480 e. The van der Waals surface area contributed by atoms with E-state index in [4.69, 9.17) is 27.8 Å². The number of aliphatic carboxylic acids is 1. The molecule has 38 heavy (non-hydrogen) atoms. The lowest BCUT2D eigenvalue weighted by Crippen LogP contribution is -2.44. The molecule has 0 spiro atoms. The zero-order valence-corrected chi connectivity index (χ0v) is 21.5. The van der Waals surface area contributed by atoms with Gasteiger partial charge in [-0.15, -0.1) is 0 Å². The van der Waals surface area contributed by atoms with Crippen molar-refractivity contribution >= 4 is 34.6 Å². The minimum absolute atomic E-state index is 0.197. The van der Waals surface area contributed by atoms with Crippen LogP contribution in [-0.4, -0.2) is 103 Å². The predicted octanol–water partition coefficient (Wildman–Crippen LogP) is -0.383. The van der Waals surface area contributed by atoms with Crippen molar-refractivity contribution in [3.05, 3.63) is 47.5 Å². The first-order valence-corrected chi connectivity index (χ1v) is 12.7. The Balaban J connectivity index is 1.36. The summed E-state index contributed by atoms with van der Waals surface area (Å²) in [6.45, 7) is 2.54. The molecule has 0 radical (unpaired) electrons. The first-order valence-electron chi connectivity index (χ1n) is 12.3. The van der Waals surface area contributed by atoms with Gasteiger partial charge in [0.25, 0.3) is 0 Å². The number of hydrogen-bond donors (Lipinski definition) is 6. The highest BCUT2D eigenvalue weighted by Crippen LogP contribution is 2.32. The molecule has 5 atom stereocenters. The Bertz CT molecular complexity index is 1210. The highest BCUT2D eigenvalue weighted by molar-refractivity contribution is 6.30. The number of nitrogens with zero attached hydrogens (tertiary/aromatic N) is 5. The van der Waals surface area contributed by atoms with Crippen LogP contribution < -0.4 is 16.8 Å². The number of nitrogen functional groups attached to an aromatic ring is 1. The topological polar surface area (TPSA) is 198 Å². The zero-order chi connectivity index (χ0) is 27.2. The van der Waals surface area contributed by atoms with Crippen LogP contribution in [0.1, 0.15) is 18.2 Å². The lowest BCUT2D eigenvalue weighted by molar-refractivity contribution is -0.138. The fourth-order valence-corrected chi connectivity index (χ4v) is 4.53. The number of ether oxygens (including phenoxy) is 1. The number of nitrogens with two attached hydrogens (primary N) is 2. The maximum absolute atomic E-state index is 11.2. The smallest absolute Gasteiger partial charge is 0.320 e. The molecule has 1 fully saturated rings. The van der Waals surface area contributed by atoms with Crippen LogP contribution in [0.4, 0.5) is 5.82 Å². The van der Waals surface area contributed by atoms with E-state index in [0.717, 1.165) is 18.5 Å². The average Bonchev–Trinajstić information content (AvgIpc) is 3.45. The third kappa shape index (κ3) is 6.74. The molecule has 3 heterocycles. The Hall–Kier alpha value is -2.91. The van der Waals surface area contributed by atoms with Gasteiger partial charge in [0.15, 0.2) is 17.7 Å². The second-order valence-electron chi connectivity index (χ2n) is 9.29. The molecule has 3 aromatic rings. The van der Waals surface area contributed by atoms with Crippen LogP contribution in [0.5, 0.6) is 0 Å². The zero-order valence-electron chi connectivity index (χ0n) is 20.7. The molecule has 0 bridgehead atoms. The number of anilines is 1. The van der Waals surface area contributed by atoms with Crippen LogP contribution >= 0.6 is 11.6 Å². The Kier molecular flexibility index (Phi) is 9.44. The van der Waals surface area contributed by atoms with Gasteiger partial charge in [-0.05, 0) is 37.1 Å². The second-order valence-corrected chi connectivity index (χ2v) is 9.73. The monoisotopic (exact) mass is 548 g/mol. The molecule has 1 aromatic carbocycles. The number of benzene rings is 1. The van der Waals surface area contributed by atoms with Crippen molar-refractivity contribution in [2.45, 2.75) is 43.4 Å². The number of carboxylic acid groups (broad SMARTS) is 1. The SMILES string of the molecule is Nc1ncnc2c1ncn2[C@@H]1O[C@H](CN(CCNCCc2ccc(Cl)cc2)CCC(N)C(=O)O)[C@@H](O)[C@H]1O. The van der Waals surface area contributed by atoms with Crippen molar-refractivity contribution in [3.8, 4) is 0 Å². The molecule has 1 saturated heterocycles. The summed E-state index contributed by atoms with van der Waals surface area (Å²) < 4.78 is 7.58. The molecule has 8 N–H and O–H groups in total. The van der Waals surface area contributed by atoms with Crippen LogP contribution in [-0.2, 0) is 16.0 Å². The van der Waals surface area contributed by atoms with Crippen molar-refractivity contribution in [1.82, 2.24) is 29.7 Å². The number of halogens is 1. The van der Waals surface area contributed by atoms with E-state index >= 15 is 0 Å². The standard InChI is InChI=1S/C24H33ClN8O5/c25-15-3-1-14(2-4-15)5-7-28-8-10-32(9-6-16(26)24(36)37)11-17-19(34)20(35)23(38-17)33-13-31-18-21(27)29-12-30-22(18)33/h1-4,12-13,16-17,19-20,23,28,34-35H,5-11,26H2,(H,36,37)(H2,27,29,30)/t16?,17-,19-,20-,23-/m1/s1. The van der Waals surface area contributed by atoms with E-state index in [1.54, 1.807) is 0 Å². The quantitative estimate of drug-likeness (QED) is 0.151. The highest BCUT2D eigenvalue weighted by Gasteiger charge is 2.44. The summed E-state index contributed by atoms with van der Waals surface area (Å²) in [4.78, 5) is 25.5. The lowest BCUT2D eigenvalue weighted by Gasteiger charge is -2.27. The molecule has 4 rings (SSSR count). The molecule has 13 nitrogen and oxygen atoms in total. The van der Waals surface area contributed by atoms with Crippen LogP contribution in [0.3, 0.4) is 0 Å². The summed E-state index contributed by atoms with van der Waals surface area (Å²) in [5.41, 5.74) is 13.5. The number of nitrogens with one attached hydrogen (secondary N) is 1. The van der Waals surface area contributed by atoms with E-state index in [0.29, 0.717) is 35.8 Å². The Labute approximate surface area is 224 Å². The highest BCUT2D eigenvalue weighted by atomic mass is 35.5. The van der Waals surface area contributed by atoms with E-state index in [2.05, 4.69) is 20.3 Å². The number of carbonyl (C=O) groups is 1. The van der Waals surface area contributed by atoms with Gasteiger partial charge in [-0.3, -0.25) is 14.3 Å². The van der Waals surface area contributed by atoms with Gasteiger partial charge in [0.05, 0.1) is 6.33 Å². The van der Waals surface area contributed by atoms with Gasteiger partial charge >= 0.3 is 5.97 Å². The van der Waals surface area contributed by atoms with Crippen LogP contribution in [0.25, 0.3) is 11.2 Å². The van der Waals surface area contributed by atoms with Gasteiger partial charge in [0.1, 0.15) is 36.2 Å². The van der Waals surface area contributed by atoms with E-state index in [1.807, 2.05) is 29.2 Å². The number of rotatable bonds is 13. The molecule has 1 aliphatic heterocycles. The second kappa shape index (κ2) is 12.8. The number of aliphatic hydroxyl groups excluding tert-OH is 2. The first-order chi connectivity index (χ1) is 18.2. The van der Waals surface area contributed by atoms with Crippen molar-refractivity contribution in [2.24, 2.45) is 5.73 Å². The Morgan fingerprint density at radius 3 is 2.66 bits per heavy atom. The van der Waals surface area contributed by atoms with E-state index in [1.165, 1.54) is 17.2 Å². The number of aliphatic hydroxyl groups is 2. The number of imidazole rings is 1. The molecule has 14 heteroatoms. The summed E-state index contributed by atoms with van der Waals surface area (Å²) in [7, 11) is 0. The summed E-state index contributed by atoms with van der Waals surface area (Å²) in [6.07, 6.45) is -0.342. The summed E-state index contributed by atoms with van der Waals surface area (Å²) >= 11 is 5.94. The van der Waals surface area contributed by atoms with Crippen molar-refractivity contribution in [3.63, 3.8) is 0 Å². The van der Waals surface area contributed by atoms with Crippen LogP contribution in [0.15, 0.2) is 36.9 Å². The summed E-state index contributed by atoms with van der Waals surface area (Å²) in [5.74, 6) is -0.880. The van der Waals surface area contributed by atoms with Gasteiger partial charge in [-0.1, -0.05) is 23.7 Å². The van der Waals surface area contributed by atoms with Gasteiger partial charge in [-0.25, -0.2) is 15.0 Å². The number of hydrogen-bond acceptors (Lipinski definition) is 11. The van der Waals surface area contributed by atoms with Gasteiger partial charge in [0.2, 0.25) is 0 Å². The van der Waals surface area contributed by atoms with E-state index < -0.39 is 36.6 Å².